The molecule has 0 aromatic carbocycles. The smallest absolute Gasteiger partial charge is 0.341 e. The van der Waals surface area contributed by atoms with Gasteiger partial charge >= 0.3 is 5.97 Å². The molecule has 2 heterocycles. The number of carbonyl (C=O) groups excluding carboxylic acids is 1. The van der Waals surface area contributed by atoms with E-state index < -0.39 is 0 Å². The van der Waals surface area contributed by atoms with Crippen LogP contribution in [0.25, 0.3) is 0 Å². The molecule has 1 aromatic rings. The quantitative estimate of drug-likeness (QED) is 0.864. The molecule has 0 saturated carbocycles. The number of nitrogen functional groups attached to an aromatic ring is 1. The van der Waals surface area contributed by atoms with E-state index in [0.717, 1.165) is 24.2 Å². The molecule has 2 N–H and O–H groups in total. The van der Waals surface area contributed by atoms with Gasteiger partial charge in [-0.25, -0.2) is 4.79 Å². The summed E-state index contributed by atoms with van der Waals surface area (Å²) in [5.41, 5.74) is 7.74. The van der Waals surface area contributed by atoms with E-state index in [1.807, 2.05) is 18.7 Å². The Morgan fingerprint density at radius 2 is 2.22 bits per heavy atom. The Bertz CT molecular complexity index is 470. The van der Waals surface area contributed by atoms with E-state index in [-0.39, 0.29) is 10.7 Å². The molecule has 0 radical (unpaired) electrons. The topological polar surface area (TPSA) is 52.3 Å². The van der Waals surface area contributed by atoms with E-state index >= 15 is 0 Å². The maximum Gasteiger partial charge on any atom is 0.341 e. The molecule has 18 heavy (non-hydrogen) atoms. The van der Waals surface area contributed by atoms with Crippen LogP contribution in [-0.2, 0) is 16.9 Å². The Labute approximate surface area is 116 Å². The van der Waals surface area contributed by atoms with Crippen molar-refractivity contribution in [1.82, 2.24) is 0 Å². The normalized spacial score (nSPS) is 22.6. The van der Waals surface area contributed by atoms with Crippen LogP contribution in [0.2, 0.25) is 0 Å². The molecule has 1 aliphatic heterocycles. The Kier molecular flexibility index (Phi) is 3.92. The van der Waals surface area contributed by atoms with Crippen molar-refractivity contribution in [3.8, 4) is 0 Å². The van der Waals surface area contributed by atoms with Crippen LogP contribution in [0.3, 0.4) is 0 Å². The van der Waals surface area contributed by atoms with Gasteiger partial charge in [-0.1, -0.05) is 13.8 Å². The van der Waals surface area contributed by atoms with E-state index in [1.165, 1.54) is 16.2 Å². The van der Waals surface area contributed by atoms with Crippen molar-refractivity contribution >= 4 is 34.1 Å². The number of hydrogen-bond donors (Lipinski definition) is 1. The van der Waals surface area contributed by atoms with E-state index in [4.69, 9.17) is 10.5 Å². The summed E-state index contributed by atoms with van der Waals surface area (Å²) in [5.74, 6) is 0.686. The highest BCUT2D eigenvalue weighted by atomic mass is 32.2. The highest BCUT2D eigenvalue weighted by molar-refractivity contribution is 8.00. The number of nitrogens with two attached hydrogens (primary N) is 1. The van der Waals surface area contributed by atoms with Crippen molar-refractivity contribution in [3.63, 3.8) is 0 Å². The van der Waals surface area contributed by atoms with Crippen molar-refractivity contribution in [2.24, 2.45) is 0 Å². The van der Waals surface area contributed by atoms with Crippen LogP contribution < -0.4 is 5.73 Å². The van der Waals surface area contributed by atoms with Gasteiger partial charge in [-0.3, -0.25) is 0 Å². The summed E-state index contributed by atoms with van der Waals surface area (Å²) < 4.78 is 5.33. The third kappa shape index (κ3) is 2.38. The first kappa shape index (κ1) is 13.7. The lowest BCUT2D eigenvalue weighted by Gasteiger charge is -2.32. The number of fused-ring (bicyclic) bond motifs is 1. The molecule has 1 aromatic heterocycles. The second-order valence-electron chi connectivity index (χ2n) is 4.73. The predicted octanol–water partition coefficient (Wildman–Crippen LogP) is 3.47. The summed E-state index contributed by atoms with van der Waals surface area (Å²) in [6.07, 6.45) is 2.00. The molecule has 5 heteroatoms. The molecule has 0 aliphatic carbocycles. The van der Waals surface area contributed by atoms with Gasteiger partial charge in [-0.05, 0) is 25.3 Å². The molecule has 0 saturated heterocycles. The van der Waals surface area contributed by atoms with Crippen LogP contribution >= 0.6 is 23.1 Å². The number of carbonyl (C=O) groups is 1. The van der Waals surface area contributed by atoms with Gasteiger partial charge in [-0.15, -0.1) is 23.1 Å². The summed E-state index contributed by atoms with van der Waals surface area (Å²) >= 11 is 3.50. The average molecular weight is 285 g/mol. The molecule has 1 aliphatic rings. The zero-order valence-corrected chi connectivity index (χ0v) is 12.7. The SMILES string of the molecule is CCOC(=O)c1c(N)sc2c1CC(C)(CC)SC2. The fourth-order valence-corrected chi connectivity index (χ4v) is 4.54. The van der Waals surface area contributed by atoms with Crippen LogP contribution in [0.5, 0.6) is 0 Å². The lowest BCUT2D eigenvalue weighted by atomic mass is 9.94. The zero-order chi connectivity index (χ0) is 13.3. The first-order valence-corrected chi connectivity index (χ1v) is 8.02. The minimum absolute atomic E-state index is 0.210. The van der Waals surface area contributed by atoms with Gasteiger partial charge in [0, 0.05) is 15.4 Å². The van der Waals surface area contributed by atoms with Gasteiger partial charge in [-0.2, -0.15) is 0 Å². The first-order valence-electron chi connectivity index (χ1n) is 6.22. The van der Waals surface area contributed by atoms with Gasteiger partial charge in [0.2, 0.25) is 0 Å². The van der Waals surface area contributed by atoms with E-state index in [1.54, 1.807) is 0 Å². The van der Waals surface area contributed by atoms with Crippen LogP contribution in [0.15, 0.2) is 0 Å². The number of ether oxygens (including phenoxy) is 1. The number of anilines is 1. The van der Waals surface area contributed by atoms with E-state index in [2.05, 4.69) is 13.8 Å². The number of hydrogen-bond acceptors (Lipinski definition) is 5. The predicted molar refractivity (Wildman–Crippen MR) is 78.4 cm³/mol. The van der Waals surface area contributed by atoms with Gasteiger partial charge in [0.25, 0.3) is 0 Å². The number of esters is 1. The highest BCUT2D eigenvalue weighted by Gasteiger charge is 2.34. The summed E-state index contributed by atoms with van der Waals surface area (Å²) in [5, 5.41) is 0.611. The molecular formula is C13H19NO2S2. The lowest BCUT2D eigenvalue weighted by molar-refractivity contribution is 0.0526. The number of rotatable bonds is 3. The van der Waals surface area contributed by atoms with Gasteiger partial charge in [0.1, 0.15) is 5.00 Å². The van der Waals surface area contributed by atoms with Crippen LogP contribution in [-0.4, -0.2) is 17.3 Å². The molecule has 0 spiro atoms. The van der Waals surface area contributed by atoms with Crippen molar-refractivity contribution in [3.05, 3.63) is 16.0 Å². The molecule has 1 unspecified atom stereocenters. The molecule has 0 fully saturated rings. The summed E-state index contributed by atoms with van der Waals surface area (Å²) in [7, 11) is 0. The second kappa shape index (κ2) is 5.13. The van der Waals surface area contributed by atoms with Crippen LogP contribution in [0.4, 0.5) is 5.00 Å². The van der Waals surface area contributed by atoms with Gasteiger partial charge < -0.3 is 10.5 Å². The molecule has 0 bridgehead atoms. The third-order valence-corrected chi connectivity index (χ3v) is 6.25. The first-order chi connectivity index (χ1) is 8.50. The fourth-order valence-electron chi connectivity index (χ4n) is 2.16. The summed E-state index contributed by atoms with van der Waals surface area (Å²) in [6.45, 7) is 6.66. The highest BCUT2D eigenvalue weighted by Crippen LogP contribution is 2.46. The monoisotopic (exact) mass is 285 g/mol. The maximum absolute atomic E-state index is 12.0. The number of thiophene rings is 1. The third-order valence-electron chi connectivity index (χ3n) is 3.45. The average Bonchev–Trinajstić information content (AvgIpc) is 2.64. The molecule has 3 nitrogen and oxygen atoms in total. The fraction of sp³-hybridized carbons (Fsp3) is 0.615. The minimum Gasteiger partial charge on any atom is -0.462 e. The van der Waals surface area contributed by atoms with Crippen LogP contribution in [0, 0.1) is 0 Å². The summed E-state index contributed by atoms with van der Waals surface area (Å²) in [6, 6.07) is 0. The molecular weight excluding hydrogens is 266 g/mol. The van der Waals surface area contributed by atoms with Crippen LogP contribution in [0.1, 0.15) is 48.0 Å². The molecule has 0 amide bonds. The van der Waals surface area contributed by atoms with Gasteiger partial charge in [0.15, 0.2) is 0 Å². The van der Waals surface area contributed by atoms with E-state index in [9.17, 15) is 4.79 Å². The standard InChI is InChI=1S/C13H19NO2S2/c1-4-13(3)6-8-9(7-17-13)18-11(14)10(8)12(15)16-5-2/h4-7,14H2,1-3H3. The summed E-state index contributed by atoms with van der Waals surface area (Å²) in [4.78, 5) is 13.2. The van der Waals surface area contributed by atoms with Crippen molar-refractivity contribution in [2.45, 2.75) is 44.1 Å². The Morgan fingerprint density at radius 3 is 2.83 bits per heavy atom. The van der Waals surface area contributed by atoms with Crippen molar-refractivity contribution in [1.29, 1.82) is 0 Å². The Morgan fingerprint density at radius 1 is 1.50 bits per heavy atom. The molecule has 100 valence electrons. The second-order valence-corrected chi connectivity index (χ2v) is 7.43. The van der Waals surface area contributed by atoms with Gasteiger partial charge in [0.05, 0.1) is 12.2 Å². The van der Waals surface area contributed by atoms with Crippen molar-refractivity contribution in [2.75, 3.05) is 12.3 Å². The Hall–Kier alpha value is -0.680. The lowest BCUT2D eigenvalue weighted by Crippen LogP contribution is -2.27. The maximum atomic E-state index is 12.0. The van der Waals surface area contributed by atoms with Crippen molar-refractivity contribution < 1.29 is 9.53 Å². The van der Waals surface area contributed by atoms with E-state index in [0.29, 0.717) is 17.2 Å². The Balaban J connectivity index is 2.39. The minimum atomic E-state index is -0.266. The largest absolute Gasteiger partial charge is 0.462 e. The molecule has 2 rings (SSSR count). The zero-order valence-electron chi connectivity index (χ0n) is 11.0. The molecule has 1 atom stereocenters. The number of thioether (sulfide) groups is 1.